The van der Waals surface area contributed by atoms with Crippen molar-refractivity contribution in [1.82, 2.24) is 4.72 Å². The van der Waals surface area contributed by atoms with Crippen molar-refractivity contribution in [1.29, 1.82) is 0 Å². The van der Waals surface area contributed by atoms with Crippen molar-refractivity contribution in [3.05, 3.63) is 57.5 Å². The molecule has 8 nitrogen and oxygen atoms in total. The Morgan fingerprint density at radius 1 is 1.36 bits per heavy atom. The molecule has 2 rings (SSSR count). The summed E-state index contributed by atoms with van der Waals surface area (Å²) in [4.78, 5) is 20.7. The Kier molecular flexibility index (Phi) is 7.89. The third kappa shape index (κ3) is 7.61. The zero-order valence-electron chi connectivity index (χ0n) is 15.4. The second-order valence-electron chi connectivity index (χ2n) is 6.80. The maximum atomic E-state index is 12.2. The van der Waals surface area contributed by atoms with Crippen LogP contribution in [0.5, 0.6) is 0 Å². The first-order chi connectivity index (χ1) is 13.2. The average Bonchev–Trinajstić information content (AvgIpc) is 3.06. The van der Waals surface area contributed by atoms with Gasteiger partial charge in [-0.2, -0.15) is 0 Å². The first-order valence-electron chi connectivity index (χ1n) is 9.08. The molecule has 0 aliphatic heterocycles. The van der Waals surface area contributed by atoms with Crippen LogP contribution in [0.4, 0.5) is 5.69 Å². The van der Waals surface area contributed by atoms with Gasteiger partial charge in [-0.25, -0.2) is 13.1 Å². The van der Waals surface area contributed by atoms with E-state index in [1.165, 1.54) is 24.3 Å². The van der Waals surface area contributed by atoms with Crippen LogP contribution in [-0.4, -0.2) is 30.5 Å². The van der Waals surface area contributed by atoms with E-state index in [0.29, 0.717) is 24.8 Å². The average molecular weight is 408 g/mol. The van der Waals surface area contributed by atoms with Gasteiger partial charge in [-0.15, -0.1) is 0 Å². The highest BCUT2D eigenvalue weighted by Crippen LogP contribution is 2.27. The number of carboxylic acids is 1. The number of nitrogens with zero attached hydrogens (tertiary/aromatic N) is 1. The molecular formula is C19H24N2O6S. The highest BCUT2D eigenvalue weighted by Gasteiger charge is 2.25. The van der Waals surface area contributed by atoms with E-state index in [9.17, 15) is 23.3 Å². The van der Waals surface area contributed by atoms with Crippen LogP contribution in [0.2, 0.25) is 0 Å². The minimum Gasteiger partial charge on any atom is -0.481 e. The smallest absolute Gasteiger partial charge is 0.303 e. The van der Waals surface area contributed by atoms with Gasteiger partial charge in [-0.3, -0.25) is 14.9 Å². The molecular weight excluding hydrogens is 384 g/mol. The summed E-state index contributed by atoms with van der Waals surface area (Å²) in [6.07, 6.45) is 9.08. The van der Waals surface area contributed by atoms with Crippen LogP contribution < -0.4 is 4.72 Å². The third-order valence-electron chi connectivity index (χ3n) is 4.49. The molecule has 2 atom stereocenters. The van der Waals surface area contributed by atoms with Crippen LogP contribution in [0.15, 0.2) is 41.8 Å². The lowest BCUT2D eigenvalue weighted by Gasteiger charge is -2.10. The van der Waals surface area contributed by atoms with E-state index in [2.05, 4.69) is 4.72 Å². The van der Waals surface area contributed by atoms with E-state index in [1.807, 2.05) is 12.2 Å². The number of nitro benzene ring substituents is 1. The van der Waals surface area contributed by atoms with Crippen molar-refractivity contribution in [2.75, 3.05) is 0 Å². The largest absolute Gasteiger partial charge is 0.481 e. The van der Waals surface area contributed by atoms with E-state index in [1.54, 1.807) is 6.07 Å². The molecule has 9 heteroatoms. The summed E-state index contributed by atoms with van der Waals surface area (Å²) in [5, 5.41) is 20.4. The molecule has 1 aromatic carbocycles. The second-order valence-corrected chi connectivity index (χ2v) is 8.40. The van der Waals surface area contributed by atoms with Gasteiger partial charge >= 0.3 is 5.97 Å². The molecule has 0 spiro atoms. The zero-order valence-corrected chi connectivity index (χ0v) is 16.2. The highest BCUT2D eigenvalue weighted by atomic mass is 32.2. The predicted molar refractivity (Wildman–Crippen MR) is 106 cm³/mol. The molecule has 2 N–H and O–H groups in total. The number of hydrogen-bond donors (Lipinski definition) is 2. The fraction of sp³-hybridized carbons (Fsp3) is 0.421. The number of nitro groups is 1. The van der Waals surface area contributed by atoms with E-state index in [4.69, 9.17) is 5.11 Å². The minimum atomic E-state index is -3.65. The lowest BCUT2D eigenvalue weighted by atomic mass is 10.1. The van der Waals surface area contributed by atoms with Crippen molar-refractivity contribution < 1.29 is 23.2 Å². The van der Waals surface area contributed by atoms with Crippen LogP contribution in [0.1, 0.15) is 44.1 Å². The number of nitrogens with one attached hydrogen (secondary N) is 1. The van der Waals surface area contributed by atoms with Crippen LogP contribution in [0.3, 0.4) is 0 Å². The molecule has 152 valence electrons. The Labute approximate surface area is 164 Å². The summed E-state index contributed by atoms with van der Waals surface area (Å²) in [5.41, 5.74) is 0.342. The number of carboxylic acid groups (broad SMARTS) is 1. The number of benzene rings is 1. The van der Waals surface area contributed by atoms with E-state index in [0.717, 1.165) is 18.2 Å². The van der Waals surface area contributed by atoms with E-state index < -0.39 is 20.9 Å². The monoisotopic (exact) mass is 408 g/mol. The SMILES string of the molecule is O=C(O)CCC/C=C/C1CCC(NS(=O)(=O)/C=C/c2cccc([N+](=O)[O-])c2)C1. The van der Waals surface area contributed by atoms with Gasteiger partial charge in [0.1, 0.15) is 0 Å². The van der Waals surface area contributed by atoms with Gasteiger partial charge in [-0.1, -0.05) is 24.3 Å². The molecule has 1 aliphatic rings. The quantitative estimate of drug-likeness (QED) is 0.264. The molecule has 1 aromatic rings. The fourth-order valence-electron chi connectivity index (χ4n) is 3.14. The molecule has 1 fully saturated rings. The lowest BCUT2D eigenvalue weighted by Crippen LogP contribution is -2.31. The number of aliphatic carboxylic acids is 1. The maximum absolute atomic E-state index is 12.2. The Morgan fingerprint density at radius 2 is 2.14 bits per heavy atom. The van der Waals surface area contributed by atoms with Gasteiger partial charge < -0.3 is 5.11 Å². The molecule has 28 heavy (non-hydrogen) atoms. The number of carbonyl (C=O) groups is 1. The normalized spacial score (nSPS) is 20.1. The Bertz CT molecular complexity index is 863. The topological polar surface area (TPSA) is 127 Å². The third-order valence-corrected chi connectivity index (χ3v) is 5.65. The van der Waals surface area contributed by atoms with Crippen LogP contribution in [0, 0.1) is 16.0 Å². The molecule has 0 saturated heterocycles. The molecule has 2 unspecified atom stereocenters. The van der Waals surface area contributed by atoms with Crippen molar-refractivity contribution in [2.45, 2.75) is 44.6 Å². The summed E-state index contributed by atoms with van der Waals surface area (Å²) in [6.45, 7) is 0. The van der Waals surface area contributed by atoms with Crippen LogP contribution in [-0.2, 0) is 14.8 Å². The van der Waals surface area contributed by atoms with Gasteiger partial charge in [0.25, 0.3) is 5.69 Å². The summed E-state index contributed by atoms with van der Waals surface area (Å²) < 4.78 is 27.1. The van der Waals surface area contributed by atoms with E-state index >= 15 is 0 Å². The molecule has 0 amide bonds. The molecule has 0 radical (unpaired) electrons. The van der Waals surface area contributed by atoms with Gasteiger partial charge in [-0.05, 0) is 49.7 Å². The number of sulfonamides is 1. The van der Waals surface area contributed by atoms with Crippen molar-refractivity contribution in [2.24, 2.45) is 5.92 Å². The van der Waals surface area contributed by atoms with Crippen molar-refractivity contribution >= 4 is 27.8 Å². The molecule has 1 aliphatic carbocycles. The molecule has 0 bridgehead atoms. The Balaban J connectivity index is 1.84. The second kappa shape index (κ2) is 10.1. The number of rotatable bonds is 10. The first kappa shape index (κ1) is 21.8. The number of non-ortho nitro benzene ring substituents is 1. The maximum Gasteiger partial charge on any atom is 0.303 e. The summed E-state index contributed by atoms with van der Waals surface area (Å²) in [7, 11) is -3.65. The van der Waals surface area contributed by atoms with Gasteiger partial charge in [0.05, 0.1) is 4.92 Å². The van der Waals surface area contributed by atoms with Crippen molar-refractivity contribution in [3.8, 4) is 0 Å². The van der Waals surface area contributed by atoms with Gasteiger partial charge in [0.2, 0.25) is 10.0 Å². The van der Waals surface area contributed by atoms with Gasteiger partial charge in [0, 0.05) is 30.0 Å². The number of unbranched alkanes of at least 4 members (excludes halogenated alkanes) is 1. The first-order valence-corrected chi connectivity index (χ1v) is 10.6. The van der Waals surface area contributed by atoms with E-state index in [-0.39, 0.29) is 24.1 Å². The summed E-state index contributed by atoms with van der Waals surface area (Å²) in [5.74, 6) is -0.528. The fourth-order valence-corrected chi connectivity index (χ4v) is 4.23. The van der Waals surface area contributed by atoms with Crippen LogP contribution >= 0.6 is 0 Å². The lowest BCUT2D eigenvalue weighted by molar-refractivity contribution is -0.384. The molecule has 1 saturated carbocycles. The number of hydrogen-bond acceptors (Lipinski definition) is 5. The summed E-state index contributed by atoms with van der Waals surface area (Å²) in [6, 6.07) is 5.60. The highest BCUT2D eigenvalue weighted by molar-refractivity contribution is 7.92. The standard InChI is InChI=1S/C19H24N2O6S/c22-19(23)8-3-1-2-5-15-9-10-17(13-15)20-28(26,27)12-11-16-6-4-7-18(14-16)21(24)25/h2,4-7,11-12,14-15,17,20H,1,3,8-10,13H2,(H,22,23)/b5-2+,12-11+. The Hall–Kier alpha value is -2.52. The molecule has 0 heterocycles. The number of allylic oxidation sites excluding steroid dienone is 2. The van der Waals surface area contributed by atoms with Crippen LogP contribution in [0.25, 0.3) is 6.08 Å². The van der Waals surface area contributed by atoms with Crippen molar-refractivity contribution in [3.63, 3.8) is 0 Å². The molecule has 0 aromatic heterocycles. The summed E-state index contributed by atoms with van der Waals surface area (Å²) >= 11 is 0. The zero-order chi connectivity index (χ0) is 20.6. The predicted octanol–water partition coefficient (Wildman–Crippen LogP) is 3.46. The Morgan fingerprint density at radius 3 is 2.86 bits per heavy atom. The minimum absolute atomic E-state index is 0.0960. The van der Waals surface area contributed by atoms with Gasteiger partial charge in [0.15, 0.2) is 0 Å².